The van der Waals surface area contributed by atoms with E-state index in [1.807, 2.05) is 0 Å². The molecule has 0 saturated carbocycles. The first-order chi connectivity index (χ1) is 19.7. The zero-order chi connectivity index (χ0) is 29.7. The summed E-state index contributed by atoms with van der Waals surface area (Å²) in [5, 5.41) is 7.56. The van der Waals surface area contributed by atoms with Gasteiger partial charge in [0, 0.05) is 19.4 Å². The lowest BCUT2D eigenvalue weighted by Gasteiger charge is -2.23. The topological polar surface area (TPSA) is 150 Å². The molecule has 0 bridgehead atoms. The molecule has 0 aliphatic heterocycles. The molecule has 14 heteroatoms. The quantitative estimate of drug-likeness (QED) is 0.241. The number of aromatic nitrogens is 6. The molecule has 4 aromatic rings. The first kappa shape index (κ1) is 29.7. The van der Waals surface area contributed by atoms with Crippen molar-refractivity contribution in [2.24, 2.45) is 0 Å². The van der Waals surface area contributed by atoms with Crippen molar-refractivity contribution in [1.29, 1.82) is 0 Å². The monoisotopic (exact) mass is 584 g/mol. The van der Waals surface area contributed by atoms with Crippen LogP contribution >= 0.6 is 0 Å². The van der Waals surface area contributed by atoms with E-state index in [-0.39, 0.29) is 23.2 Å². The fourth-order valence-corrected chi connectivity index (χ4v) is 5.78. The van der Waals surface area contributed by atoms with E-state index in [0.717, 1.165) is 0 Å². The Morgan fingerprint density at radius 2 is 1.56 bits per heavy atom. The molecule has 3 heterocycles. The lowest BCUT2D eigenvalue weighted by Crippen LogP contribution is -2.30. The zero-order valence-corrected chi connectivity index (χ0v) is 24.7. The van der Waals surface area contributed by atoms with Crippen molar-refractivity contribution in [1.82, 2.24) is 29.7 Å². The number of methoxy groups -OCH3 is 5. The van der Waals surface area contributed by atoms with Gasteiger partial charge in [-0.15, -0.1) is 10.2 Å². The van der Waals surface area contributed by atoms with Gasteiger partial charge >= 0.3 is 0 Å². The Morgan fingerprint density at radius 1 is 0.878 bits per heavy atom. The third-order valence-electron chi connectivity index (χ3n) is 6.44. The number of aryl methyl sites for hydroxylation is 1. The number of sulfone groups is 1. The van der Waals surface area contributed by atoms with Crippen molar-refractivity contribution >= 4 is 9.84 Å². The van der Waals surface area contributed by atoms with Crippen LogP contribution in [0.4, 0.5) is 0 Å². The van der Waals surface area contributed by atoms with E-state index in [4.69, 9.17) is 23.7 Å². The maximum absolute atomic E-state index is 13.9. The number of hydrogen-bond donors (Lipinski definition) is 0. The molecule has 41 heavy (non-hydrogen) atoms. The number of para-hydroxylation sites is 1. The smallest absolute Gasteiger partial charge is 0.238 e. The number of rotatable bonds is 12. The van der Waals surface area contributed by atoms with Gasteiger partial charge in [0.2, 0.25) is 11.8 Å². The molecule has 2 atom stereocenters. The van der Waals surface area contributed by atoms with Crippen LogP contribution < -0.4 is 18.9 Å². The van der Waals surface area contributed by atoms with Gasteiger partial charge in [-0.05, 0) is 32.0 Å². The molecule has 3 aromatic heterocycles. The molecular weight excluding hydrogens is 552 g/mol. The highest BCUT2D eigenvalue weighted by Gasteiger charge is 2.36. The summed E-state index contributed by atoms with van der Waals surface area (Å²) in [6.45, 7) is 3.30. The minimum Gasteiger partial charge on any atom is -0.494 e. The number of hydrogen-bond acceptors (Lipinski definition) is 12. The van der Waals surface area contributed by atoms with Gasteiger partial charge in [-0.1, -0.05) is 12.1 Å². The second-order valence-electron chi connectivity index (χ2n) is 8.93. The van der Waals surface area contributed by atoms with Crippen LogP contribution in [-0.2, 0) is 20.3 Å². The minimum absolute atomic E-state index is 0.107. The summed E-state index contributed by atoms with van der Waals surface area (Å²) < 4.78 is 57.0. The van der Waals surface area contributed by atoms with Crippen LogP contribution in [-0.4, -0.2) is 78.9 Å². The van der Waals surface area contributed by atoms with Crippen LogP contribution in [0, 0.1) is 6.92 Å². The van der Waals surface area contributed by atoms with Gasteiger partial charge in [-0.2, -0.15) is 0 Å². The molecule has 218 valence electrons. The lowest BCUT2D eigenvalue weighted by atomic mass is 10.2. The maximum Gasteiger partial charge on any atom is 0.238 e. The van der Waals surface area contributed by atoms with Gasteiger partial charge in [-0.3, -0.25) is 9.55 Å². The predicted molar refractivity (Wildman–Crippen MR) is 149 cm³/mol. The lowest BCUT2D eigenvalue weighted by molar-refractivity contribution is 0.0953. The highest BCUT2D eigenvalue weighted by molar-refractivity contribution is 7.91. The average molecular weight is 585 g/mol. The normalized spacial score (nSPS) is 13.0. The van der Waals surface area contributed by atoms with Crippen molar-refractivity contribution in [2.45, 2.75) is 31.0 Å². The standard InChI is InChI=1S/C27H32N6O7S/c1-16-14-28-23(27(29-16)40-7)25(39-6)17(2)41(34,35)15-21-31-32-26(18-10-8-13-22(30-18)38-5)33(21)24-19(36-3)11-9-12-20(24)37-4/h8-14,17,25H,15H2,1-7H3/t17-,25-/m1/s1. The molecule has 0 unspecified atom stereocenters. The van der Waals surface area contributed by atoms with Crippen LogP contribution in [0.25, 0.3) is 17.2 Å². The summed E-state index contributed by atoms with van der Waals surface area (Å²) >= 11 is 0. The molecule has 0 saturated heterocycles. The van der Waals surface area contributed by atoms with Crippen molar-refractivity contribution in [3.63, 3.8) is 0 Å². The largest absolute Gasteiger partial charge is 0.494 e. The van der Waals surface area contributed by atoms with Gasteiger partial charge in [0.05, 0.1) is 39.4 Å². The third kappa shape index (κ3) is 5.93. The molecule has 0 aliphatic carbocycles. The van der Waals surface area contributed by atoms with Crippen LogP contribution in [0.2, 0.25) is 0 Å². The number of pyridine rings is 1. The molecule has 0 fully saturated rings. The van der Waals surface area contributed by atoms with Gasteiger partial charge in [-0.25, -0.2) is 18.4 Å². The van der Waals surface area contributed by atoms with E-state index >= 15 is 0 Å². The summed E-state index contributed by atoms with van der Waals surface area (Å²) in [4.78, 5) is 13.2. The van der Waals surface area contributed by atoms with Crippen molar-refractivity contribution in [2.75, 3.05) is 35.5 Å². The Morgan fingerprint density at radius 3 is 2.17 bits per heavy atom. The van der Waals surface area contributed by atoms with E-state index < -0.39 is 26.9 Å². The Labute approximate surface area is 238 Å². The summed E-state index contributed by atoms with van der Waals surface area (Å²) in [6, 6.07) is 10.4. The van der Waals surface area contributed by atoms with E-state index in [2.05, 4.69) is 25.1 Å². The van der Waals surface area contributed by atoms with E-state index in [9.17, 15) is 8.42 Å². The molecule has 4 rings (SSSR count). The fourth-order valence-electron chi connectivity index (χ4n) is 4.35. The zero-order valence-electron chi connectivity index (χ0n) is 23.9. The molecule has 0 amide bonds. The van der Waals surface area contributed by atoms with Gasteiger partial charge in [0.25, 0.3) is 0 Å². The first-order valence-corrected chi connectivity index (χ1v) is 14.2. The summed E-state index contributed by atoms with van der Waals surface area (Å²) in [5.74, 6) is 1.22. The summed E-state index contributed by atoms with van der Waals surface area (Å²) in [6.07, 6.45) is 0.557. The predicted octanol–water partition coefficient (Wildman–Crippen LogP) is 3.15. The van der Waals surface area contributed by atoms with E-state index in [1.54, 1.807) is 54.8 Å². The highest BCUT2D eigenvalue weighted by atomic mass is 32.2. The molecular formula is C27H32N6O7S. The molecule has 0 N–H and O–H groups in total. The van der Waals surface area contributed by atoms with Gasteiger partial charge < -0.3 is 23.7 Å². The fraction of sp³-hybridized carbons (Fsp3) is 0.370. The molecule has 1 aromatic carbocycles. The van der Waals surface area contributed by atoms with E-state index in [1.165, 1.54) is 41.7 Å². The third-order valence-corrected chi connectivity index (χ3v) is 8.49. The van der Waals surface area contributed by atoms with Gasteiger partial charge in [0.15, 0.2) is 21.5 Å². The van der Waals surface area contributed by atoms with Gasteiger partial charge in [0.1, 0.15) is 40.4 Å². The first-order valence-electron chi connectivity index (χ1n) is 12.5. The van der Waals surface area contributed by atoms with Crippen LogP contribution in [0.15, 0.2) is 42.6 Å². The second kappa shape index (κ2) is 12.5. The Balaban J connectivity index is 1.86. The van der Waals surface area contributed by atoms with E-state index in [0.29, 0.717) is 34.5 Å². The van der Waals surface area contributed by atoms with Crippen molar-refractivity contribution < 1.29 is 32.1 Å². The number of nitrogens with zero attached hydrogens (tertiary/aromatic N) is 6. The maximum atomic E-state index is 13.9. The number of ether oxygens (including phenoxy) is 5. The van der Waals surface area contributed by atoms with Crippen molar-refractivity contribution in [3.05, 3.63) is 59.8 Å². The minimum atomic E-state index is -3.96. The number of benzene rings is 1. The average Bonchev–Trinajstić information content (AvgIpc) is 3.39. The van der Waals surface area contributed by atoms with Crippen LogP contribution in [0.3, 0.4) is 0 Å². The molecule has 0 spiro atoms. The summed E-state index contributed by atoms with van der Waals surface area (Å²) in [5.41, 5.74) is 1.70. The molecule has 0 radical (unpaired) electrons. The molecule has 0 aliphatic rings. The highest BCUT2D eigenvalue weighted by Crippen LogP contribution is 2.37. The van der Waals surface area contributed by atoms with Crippen molar-refractivity contribution in [3.8, 4) is 40.5 Å². The summed E-state index contributed by atoms with van der Waals surface area (Å²) in [7, 11) is 3.40. The Kier molecular flexibility index (Phi) is 9.03. The Hall–Kier alpha value is -4.30. The Bertz CT molecular complexity index is 1600. The van der Waals surface area contributed by atoms with Crippen LogP contribution in [0.1, 0.15) is 30.2 Å². The second-order valence-corrected chi connectivity index (χ2v) is 11.3. The van der Waals surface area contributed by atoms with Crippen LogP contribution in [0.5, 0.6) is 23.3 Å². The SMILES string of the molecule is COc1cccc(-c2nnc(CS(=O)(=O)[C@H](C)[C@@H](OC)c3ncc(C)nc3OC)n2-c2c(OC)cccc2OC)n1. The molecule has 13 nitrogen and oxygen atoms in total.